The Hall–Kier alpha value is -3.04. The molecule has 1 aliphatic rings. The predicted molar refractivity (Wildman–Crippen MR) is 125 cm³/mol. The van der Waals surface area contributed by atoms with Crippen LogP contribution in [0.1, 0.15) is 18.3 Å². The number of ether oxygens (including phenoxy) is 2. The number of morpholine rings is 1. The maximum absolute atomic E-state index is 12.6. The molecule has 1 amide bonds. The van der Waals surface area contributed by atoms with Crippen molar-refractivity contribution < 1.29 is 14.3 Å². The zero-order valence-corrected chi connectivity index (χ0v) is 19.0. The van der Waals surface area contributed by atoms with E-state index < -0.39 is 0 Å². The molecule has 2 aromatic carbocycles. The molecule has 2 heterocycles. The third-order valence-electron chi connectivity index (χ3n) is 5.13. The summed E-state index contributed by atoms with van der Waals surface area (Å²) in [4.78, 5) is 19.3. The normalized spacial score (nSPS) is 14.8. The van der Waals surface area contributed by atoms with Gasteiger partial charge in [-0.25, -0.2) is 4.98 Å². The van der Waals surface area contributed by atoms with Crippen molar-refractivity contribution in [2.45, 2.75) is 30.9 Å². The van der Waals surface area contributed by atoms with E-state index in [1.54, 1.807) is 0 Å². The number of hydrogen-bond donors (Lipinski definition) is 2. The fourth-order valence-corrected chi connectivity index (χ4v) is 4.04. The number of nitrogens with zero attached hydrogens (tertiary/aromatic N) is 3. The second kappa shape index (κ2) is 10.5. The van der Waals surface area contributed by atoms with Gasteiger partial charge in [-0.3, -0.25) is 9.89 Å². The molecule has 1 aromatic heterocycles. The first kappa shape index (κ1) is 22.2. The van der Waals surface area contributed by atoms with E-state index in [2.05, 4.69) is 25.4 Å². The summed E-state index contributed by atoms with van der Waals surface area (Å²) < 4.78 is 11.2. The van der Waals surface area contributed by atoms with Crippen LogP contribution in [-0.2, 0) is 16.1 Å². The minimum absolute atomic E-state index is 0.100. The lowest BCUT2D eigenvalue weighted by molar-refractivity contribution is -0.115. The van der Waals surface area contributed by atoms with Crippen LogP contribution in [0.25, 0.3) is 0 Å². The van der Waals surface area contributed by atoms with Crippen molar-refractivity contribution in [2.75, 3.05) is 36.5 Å². The van der Waals surface area contributed by atoms with Crippen molar-refractivity contribution in [2.24, 2.45) is 0 Å². The topological polar surface area (TPSA) is 92.4 Å². The van der Waals surface area contributed by atoms with Crippen molar-refractivity contribution in [3.8, 4) is 5.75 Å². The number of hydrogen-bond acceptors (Lipinski definition) is 7. The van der Waals surface area contributed by atoms with Gasteiger partial charge in [-0.2, -0.15) is 0 Å². The molecule has 168 valence electrons. The van der Waals surface area contributed by atoms with Crippen LogP contribution >= 0.6 is 11.8 Å². The predicted octanol–water partition coefficient (Wildman–Crippen LogP) is 3.65. The molecule has 2 N–H and O–H groups in total. The molecule has 1 atom stereocenters. The van der Waals surface area contributed by atoms with Gasteiger partial charge in [0.25, 0.3) is 0 Å². The van der Waals surface area contributed by atoms with Crippen LogP contribution in [0, 0.1) is 6.92 Å². The highest BCUT2D eigenvalue weighted by atomic mass is 32.2. The number of aromatic amines is 1. The average molecular weight is 454 g/mol. The number of aromatic nitrogens is 3. The van der Waals surface area contributed by atoms with Gasteiger partial charge in [0.05, 0.1) is 18.5 Å². The quantitative estimate of drug-likeness (QED) is 0.503. The van der Waals surface area contributed by atoms with Gasteiger partial charge in [0.2, 0.25) is 11.1 Å². The zero-order valence-electron chi connectivity index (χ0n) is 18.2. The van der Waals surface area contributed by atoms with Gasteiger partial charge in [0.1, 0.15) is 12.4 Å². The van der Waals surface area contributed by atoms with E-state index in [0.717, 1.165) is 49.0 Å². The molecule has 0 radical (unpaired) electrons. The van der Waals surface area contributed by atoms with Gasteiger partial charge in [0.15, 0.2) is 5.82 Å². The number of anilines is 2. The summed E-state index contributed by atoms with van der Waals surface area (Å²) in [6.45, 7) is 7.37. The number of carbonyl (C=O) groups excluding carboxylic acids is 1. The second-order valence-corrected chi connectivity index (χ2v) is 8.82. The van der Waals surface area contributed by atoms with Crippen molar-refractivity contribution in [1.82, 2.24) is 15.2 Å². The third kappa shape index (κ3) is 5.80. The first-order valence-corrected chi connectivity index (χ1v) is 11.5. The van der Waals surface area contributed by atoms with E-state index in [-0.39, 0.29) is 17.8 Å². The van der Waals surface area contributed by atoms with Crippen molar-refractivity contribution in [1.29, 1.82) is 0 Å². The summed E-state index contributed by atoms with van der Waals surface area (Å²) in [5.41, 5.74) is 2.96. The molecule has 0 unspecified atom stereocenters. The maximum Gasteiger partial charge on any atom is 0.237 e. The Labute approximate surface area is 191 Å². The molecule has 0 saturated carbocycles. The molecular weight excluding hydrogens is 426 g/mol. The summed E-state index contributed by atoms with van der Waals surface area (Å²) in [6, 6.07) is 15.7. The van der Waals surface area contributed by atoms with Crippen LogP contribution in [0.15, 0.2) is 53.7 Å². The average Bonchev–Trinajstić information content (AvgIpc) is 3.27. The van der Waals surface area contributed by atoms with E-state index in [4.69, 9.17) is 9.47 Å². The van der Waals surface area contributed by atoms with Crippen LogP contribution in [0.2, 0.25) is 0 Å². The Kier molecular flexibility index (Phi) is 7.28. The minimum Gasteiger partial charge on any atom is -0.485 e. The fraction of sp³-hybridized carbons (Fsp3) is 0.348. The lowest BCUT2D eigenvalue weighted by atomic mass is 10.2. The number of benzene rings is 2. The number of para-hydroxylation sites is 1. The van der Waals surface area contributed by atoms with Crippen LogP contribution in [0.3, 0.4) is 0 Å². The molecule has 32 heavy (non-hydrogen) atoms. The summed E-state index contributed by atoms with van der Waals surface area (Å²) in [7, 11) is 0. The molecule has 8 nitrogen and oxygen atoms in total. The lowest BCUT2D eigenvalue weighted by Gasteiger charge is -2.28. The lowest BCUT2D eigenvalue weighted by Crippen LogP contribution is -2.36. The van der Waals surface area contributed by atoms with Crippen molar-refractivity contribution in [3.05, 3.63) is 59.9 Å². The van der Waals surface area contributed by atoms with Gasteiger partial charge in [0, 0.05) is 24.5 Å². The zero-order chi connectivity index (χ0) is 22.3. The molecule has 0 spiro atoms. The molecule has 1 fully saturated rings. The monoisotopic (exact) mass is 453 g/mol. The highest BCUT2D eigenvalue weighted by Crippen LogP contribution is 2.23. The second-order valence-electron chi connectivity index (χ2n) is 7.51. The highest BCUT2D eigenvalue weighted by Gasteiger charge is 2.18. The fourth-order valence-electron chi connectivity index (χ4n) is 3.29. The number of thioether (sulfide) groups is 1. The van der Waals surface area contributed by atoms with Crippen LogP contribution in [-0.4, -0.2) is 52.6 Å². The van der Waals surface area contributed by atoms with E-state index in [1.165, 1.54) is 11.8 Å². The van der Waals surface area contributed by atoms with Gasteiger partial charge in [-0.1, -0.05) is 30.0 Å². The Bertz CT molecular complexity index is 1030. The number of rotatable bonds is 8. The van der Waals surface area contributed by atoms with E-state index >= 15 is 0 Å². The standard InChI is InChI=1S/C23H27N5O3S/c1-16-5-3-4-6-20(16)31-15-21-25-23(27-26-21)32-17(2)22(29)24-18-7-9-19(10-8-18)28-11-13-30-14-12-28/h3-10,17H,11-15H2,1-2H3,(H,24,29)(H,25,26,27)/t17-/m1/s1. The van der Waals surface area contributed by atoms with Gasteiger partial charge in [-0.15, -0.1) is 5.10 Å². The molecule has 4 rings (SSSR count). The van der Waals surface area contributed by atoms with Crippen LogP contribution < -0.4 is 15.0 Å². The maximum atomic E-state index is 12.6. The number of amides is 1. The number of H-pyrrole nitrogens is 1. The van der Waals surface area contributed by atoms with E-state index in [0.29, 0.717) is 11.0 Å². The number of aryl methyl sites for hydroxylation is 1. The number of carbonyl (C=O) groups is 1. The Morgan fingerprint density at radius 1 is 1.22 bits per heavy atom. The minimum atomic E-state index is -0.352. The number of nitrogens with one attached hydrogen (secondary N) is 2. The van der Waals surface area contributed by atoms with Crippen molar-refractivity contribution >= 4 is 29.0 Å². The van der Waals surface area contributed by atoms with E-state index in [9.17, 15) is 4.79 Å². The van der Waals surface area contributed by atoms with Gasteiger partial charge >= 0.3 is 0 Å². The van der Waals surface area contributed by atoms with Gasteiger partial charge in [-0.05, 0) is 49.7 Å². The molecule has 0 aliphatic carbocycles. The van der Waals surface area contributed by atoms with E-state index in [1.807, 2.05) is 62.4 Å². The largest absolute Gasteiger partial charge is 0.485 e. The van der Waals surface area contributed by atoms with Crippen LogP contribution in [0.5, 0.6) is 5.75 Å². The summed E-state index contributed by atoms with van der Waals surface area (Å²) in [6.07, 6.45) is 0. The Morgan fingerprint density at radius 3 is 2.72 bits per heavy atom. The molecule has 1 aliphatic heterocycles. The first-order valence-electron chi connectivity index (χ1n) is 10.6. The Morgan fingerprint density at radius 2 is 1.97 bits per heavy atom. The highest BCUT2D eigenvalue weighted by molar-refractivity contribution is 8.00. The smallest absolute Gasteiger partial charge is 0.237 e. The SMILES string of the molecule is Cc1ccccc1OCc1nc(S[C@H](C)C(=O)Nc2ccc(N3CCOCC3)cc2)n[nH]1. The summed E-state index contributed by atoms with van der Waals surface area (Å²) in [5.74, 6) is 1.32. The summed E-state index contributed by atoms with van der Waals surface area (Å²) in [5, 5.41) is 10.2. The molecule has 1 saturated heterocycles. The molecule has 0 bridgehead atoms. The Balaban J connectivity index is 1.27. The summed E-state index contributed by atoms with van der Waals surface area (Å²) >= 11 is 1.30. The third-order valence-corrected chi connectivity index (χ3v) is 6.09. The molecular formula is C23H27N5O3S. The first-order chi connectivity index (χ1) is 15.6. The van der Waals surface area contributed by atoms with Crippen molar-refractivity contribution in [3.63, 3.8) is 0 Å². The molecule has 3 aromatic rings. The van der Waals surface area contributed by atoms with Crippen LogP contribution in [0.4, 0.5) is 11.4 Å². The van der Waals surface area contributed by atoms with Gasteiger partial charge < -0.3 is 19.7 Å². The molecule has 9 heteroatoms.